The van der Waals surface area contributed by atoms with E-state index >= 15 is 0 Å². The normalized spacial score (nSPS) is 15.8. The third-order valence-corrected chi connectivity index (χ3v) is 4.30. The lowest BCUT2D eigenvalue weighted by atomic mass is 10.1. The van der Waals surface area contributed by atoms with E-state index in [9.17, 15) is 4.79 Å². The zero-order valence-electron chi connectivity index (χ0n) is 11.2. The van der Waals surface area contributed by atoms with E-state index in [0.717, 1.165) is 27.0 Å². The first kappa shape index (κ1) is 13.1. The van der Waals surface area contributed by atoms with Gasteiger partial charge in [-0.3, -0.25) is 4.79 Å². The maximum atomic E-state index is 12.3. The number of aryl methyl sites for hydroxylation is 1. The lowest BCUT2D eigenvalue weighted by Crippen LogP contribution is -2.25. The van der Waals surface area contributed by atoms with Gasteiger partial charge in [-0.05, 0) is 36.8 Å². The van der Waals surface area contributed by atoms with Crippen molar-refractivity contribution in [2.24, 2.45) is 4.99 Å². The predicted molar refractivity (Wildman–Crippen MR) is 84.9 cm³/mol. The first-order valence-corrected chi connectivity index (χ1v) is 7.09. The molecule has 1 aliphatic heterocycles. The Hall–Kier alpha value is -1.94. The topological polar surface area (TPSA) is 32.7 Å². The van der Waals surface area contributed by atoms with Crippen molar-refractivity contribution in [2.75, 3.05) is 11.9 Å². The Morgan fingerprint density at radius 2 is 1.90 bits per heavy atom. The van der Waals surface area contributed by atoms with E-state index in [1.165, 1.54) is 0 Å². The largest absolute Gasteiger partial charge is 0.309 e. The lowest BCUT2D eigenvalue weighted by molar-refractivity contribution is -0.111. The maximum Gasteiger partial charge on any atom is 0.277 e. The number of benzene rings is 2. The Bertz CT molecular complexity index is 737. The molecule has 20 heavy (non-hydrogen) atoms. The molecule has 0 radical (unpaired) electrons. The number of carbonyl (C=O) groups is 1. The van der Waals surface area contributed by atoms with E-state index in [0.29, 0.717) is 5.71 Å². The molecular formula is C16H13BrN2O. The summed E-state index contributed by atoms with van der Waals surface area (Å²) < 4.78 is 1.04. The Morgan fingerprint density at radius 1 is 1.15 bits per heavy atom. The second-order valence-electron chi connectivity index (χ2n) is 4.78. The minimum Gasteiger partial charge on any atom is -0.309 e. The first-order chi connectivity index (χ1) is 9.58. The summed E-state index contributed by atoms with van der Waals surface area (Å²) in [7, 11) is 1.77. The van der Waals surface area contributed by atoms with E-state index in [1.54, 1.807) is 11.9 Å². The van der Waals surface area contributed by atoms with Crippen LogP contribution in [0.25, 0.3) is 0 Å². The van der Waals surface area contributed by atoms with E-state index in [4.69, 9.17) is 0 Å². The van der Waals surface area contributed by atoms with Crippen LogP contribution in [0.15, 0.2) is 51.9 Å². The lowest BCUT2D eigenvalue weighted by Gasteiger charge is -2.07. The molecule has 1 amide bonds. The van der Waals surface area contributed by atoms with Crippen LogP contribution in [0.4, 0.5) is 11.4 Å². The quantitative estimate of drug-likeness (QED) is 0.782. The molecule has 0 unspecified atom stereocenters. The molecule has 0 fully saturated rings. The van der Waals surface area contributed by atoms with Gasteiger partial charge in [-0.1, -0.05) is 34.1 Å². The van der Waals surface area contributed by atoms with Crippen molar-refractivity contribution in [3.63, 3.8) is 0 Å². The van der Waals surface area contributed by atoms with Crippen LogP contribution in [0.1, 0.15) is 11.1 Å². The highest BCUT2D eigenvalue weighted by Gasteiger charge is 2.30. The first-order valence-electron chi connectivity index (χ1n) is 6.30. The monoisotopic (exact) mass is 328 g/mol. The fourth-order valence-electron chi connectivity index (χ4n) is 2.29. The summed E-state index contributed by atoms with van der Waals surface area (Å²) in [6.45, 7) is 2.00. The maximum absolute atomic E-state index is 12.3. The number of fused-ring (bicyclic) bond motifs is 1. The number of hydrogen-bond acceptors (Lipinski definition) is 2. The highest BCUT2D eigenvalue weighted by atomic mass is 79.9. The van der Waals surface area contributed by atoms with Gasteiger partial charge in [-0.2, -0.15) is 0 Å². The Balaban J connectivity index is 2.12. The van der Waals surface area contributed by atoms with Crippen LogP contribution in [0.2, 0.25) is 0 Å². The molecule has 0 saturated heterocycles. The summed E-state index contributed by atoms with van der Waals surface area (Å²) in [6, 6.07) is 13.5. The second kappa shape index (κ2) is 4.87. The van der Waals surface area contributed by atoms with Gasteiger partial charge in [-0.25, -0.2) is 4.99 Å². The molecule has 3 rings (SSSR count). The summed E-state index contributed by atoms with van der Waals surface area (Å²) in [4.78, 5) is 18.5. The van der Waals surface area contributed by atoms with Gasteiger partial charge in [0.2, 0.25) is 0 Å². The molecule has 1 aliphatic rings. The molecule has 0 atom stereocenters. The van der Waals surface area contributed by atoms with Crippen LogP contribution >= 0.6 is 15.9 Å². The minimum absolute atomic E-state index is 0.0632. The van der Waals surface area contributed by atoms with E-state index in [2.05, 4.69) is 20.9 Å². The number of anilines is 1. The molecule has 4 heteroatoms. The van der Waals surface area contributed by atoms with E-state index < -0.39 is 0 Å². The number of nitrogens with zero attached hydrogens (tertiary/aromatic N) is 2. The van der Waals surface area contributed by atoms with Gasteiger partial charge in [0.05, 0.1) is 11.4 Å². The van der Waals surface area contributed by atoms with Gasteiger partial charge in [0, 0.05) is 17.1 Å². The highest BCUT2D eigenvalue weighted by Crippen LogP contribution is 2.30. The summed E-state index contributed by atoms with van der Waals surface area (Å²) in [6.07, 6.45) is 0. The third kappa shape index (κ3) is 2.06. The van der Waals surface area contributed by atoms with Gasteiger partial charge >= 0.3 is 0 Å². The molecule has 2 aromatic carbocycles. The molecule has 100 valence electrons. The Morgan fingerprint density at radius 3 is 2.65 bits per heavy atom. The minimum atomic E-state index is -0.0632. The molecule has 3 nitrogen and oxygen atoms in total. The smallest absolute Gasteiger partial charge is 0.277 e. The average molecular weight is 329 g/mol. The number of aliphatic imine (C=N–C) groups is 1. The van der Waals surface area contributed by atoms with Gasteiger partial charge in [0.25, 0.3) is 5.91 Å². The van der Waals surface area contributed by atoms with Crippen LogP contribution in [-0.2, 0) is 4.79 Å². The van der Waals surface area contributed by atoms with Crippen molar-refractivity contribution in [2.45, 2.75) is 6.92 Å². The Labute approximate surface area is 126 Å². The van der Waals surface area contributed by atoms with Gasteiger partial charge in [0.15, 0.2) is 0 Å². The fraction of sp³-hybridized carbons (Fsp3) is 0.125. The highest BCUT2D eigenvalue weighted by molar-refractivity contribution is 9.10. The molecule has 1 heterocycles. The van der Waals surface area contributed by atoms with Crippen molar-refractivity contribution in [1.82, 2.24) is 0 Å². The van der Waals surface area contributed by atoms with Gasteiger partial charge < -0.3 is 4.90 Å². The zero-order chi connectivity index (χ0) is 14.3. The molecule has 2 aromatic rings. The van der Waals surface area contributed by atoms with Gasteiger partial charge in [0.1, 0.15) is 5.71 Å². The molecule has 0 aliphatic carbocycles. The van der Waals surface area contributed by atoms with Crippen molar-refractivity contribution in [3.8, 4) is 0 Å². The molecule has 0 spiro atoms. The van der Waals surface area contributed by atoms with Gasteiger partial charge in [-0.15, -0.1) is 0 Å². The van der Waals surface area contributed by atoms with Crippen molar-refractivity contribution in [3.05, 3.63) is 58.1 Å². The molecule has 0 bridgehead atoms. The number of hydrogen-bond donors (Lipinski definition) is 0. The number of halogens is 1. The van der Waals surface area contributed by atoms with E-state index in [-0.39, 0.29) is 5.91 Å². The van der Waals surface area contributed by atoms with Crippen LogP contribution in [0.3, 0.4) is 0 Å². The Kier molecular flexibility index (Phi) is 3.18. The van der Waals surface area contributed by atoms with E-state index in [1.807, 2.05) is 49.4 Å². The number of likely N-dealkylation sites (N-methyl/N-ethyl adjacent to an activating group) is 1. The van der Waals surface area contributed by atoms with Crippen LogP contribution in [0, 0.1) is 6.92 Å². The summed E-state index contributed by atoms with van der Waals surface area (Å²) in [5, 5.41) is 0. The number of para-hydroxylation sites is 1. The summed E-state index contributed by atoms with van der Waals surface area (Å²) in [5.74, 6) is -0.0632. The summed E-state index contributed by atoms with van der Waals surface area (Å²) in [5.41, 5.74) is 4.19. The fourth-order valence-corrected chi connectivity index (χ4v) is 2.53. The van der Waals surface area contributed by atoms with Crippen LogP contribution in [-0.4, -0.2) is 18.7 Å². The number of carbonyl (C=O) groups excluding carboxylic acids is 1. The molecule has 0 saturated carbocycles. The predicted octanol–water partition coefficient (Wildman–Crippen LogP) is 3.85. The molecular weight excluding hydrogens is 316 g/mol. The number of amides is 1. The third-order valence-electron chi connectivity index (χ3n) is 3.41. The SMILES string of the molecule is Cc1cc(N=C2C(=O)N(C)c3ccccc32)ccc1Br. The summed E-state index contributed by atoms with van der Waals surface area (Å²) >= 11 is 3.47. The zero-order valence-corrected chi connectivity index (χ0v) is 12.8. The molecule has 0 aromatic heterocycles. The van der Waals surface area contributed by atoms with Crippen molar-refractivity contribution in [1.29, 1.82) is 0 Å². The van der Waals surface area contributed by atoms with Crippen LogP contribution in [0.5, 0.6) is 0 Å². The standard InChI is InChI=1S/C16H13BrN2O/c1-10-9-11(7-8-13(10)17)18-15-12-5-3-4-6-14(12)19(2)16(15)20/h3-9H,1-2H3. The second-order valence-corrected chi connectivity index (χ2v) is 5.63. The van der Waals surface area contributed by atoms with Crippen molar-refractivity contribution < 1.29 is 4.79 Å². The number of rotatable bonds is 1. The van der Waals surface area contributed by atoms with Crippen LogP contribution < -0.4 is 4.90 Å². The van der Waals surface area contributed by atoms with Crippen molar-refractivity contribution >= 4 is 38.9 Å². The average Bonchev–Trinajstić information content (AvgIpc) is 2.69. The molecule has 0 N–H and O–H groups in total.